The summed E-state index contributed by atoms with van der Waals surface area (Å²) in [7, 11) is 1.69. The summed E-state index contributed by atoms with van der Waals surface area (Å²) >= 11 is 0. The van der Waals surface area contributed by atoms with Crippen molar-refractivity contribution >= 4 is 5.91 Å². The van der Waals surface area contributed by atoms with E-state index >= 15 is 0 Å². The summed E-state index contributed by atoms with van der Waals surface area (Å²) in [5, 5.41) is 0. The van der Waals surface area contributed by atoms with Crippen LogP contribution in [0.3, 0.4) is 0 Å². The van der Waals surface area contributed by atoms with Crippen LogP contribution in [0.25, 0.3) is 0 Å². The van der Waals surface area contributed by atoms with Crippen LogP contribution in [-0.2, 0) is 6.54 Å². The van der Waals surface area contributed by atoms with E-state index in [0.29, 0.717) is 11.7 Å². The zero-order valence-corrected chi connectivity index (χ0v) is 15.4. The molecule has 1 aromatic heterocycles. The third-order valence-electron chi connectivity index (χ3n) is 5.52. The molecule has 0 unspecified atom stereocenters. The highest BCUT2D eigenvalue weighted by Gasteiger charge is 2.38. The van der Waals surface area contributed by atoms with E-state index in [0.717, 1.165) is 44.0 Å². The van der Waals surface area contributed by atoms with Gasteiger partial charge in [0.05, 0.1) is 7.11 Å². The lowest BCUT2D eigenvalue weighted by Gasteiger charge is -2.35. The SMILES string of the molecule is COc1ccc(CN2C[C@@H]3CC[C@H](C2)N(C(=O)c2ncc(C)[nH]2)C3)cc1. The topological polar surface area (TPSA) is 61.5 Å². The maximum atomic E-state index is 12.9. The maximum absolute atomic E-state index is 12.9. The molecule has 1 aromatic carbocycles. The summed E-state index contributed by atoms with van der Waals surface area (Å²) in [6.07, 6.45) is 4.00. The summed E-state index contributed by atoms with van der Waals surface area (Å²) in [6, 6.07) is 8.54. The van der Waals surface area contributed by atoms with Crippen molar-refractivity contribution < 1.29 is 9.53 Å². The van der Waals surface area contributed by atoms with Gasteiger partial charge in [0.15, 0.2) is 5.82 Å². The second-order valence-electron chi connectivity index (χ2n) is 7.51. The summed E-state index contributed by atoms with van der Waals surface area (Å²) in [5.74, 6) is 1.93. The zero-order chi connectivity index (χ0) is 18.1. The molecule has 0 aliphatic carbocycles. The van der Waals surface area contributed by atoms with Gasteiger partial charge in [0.25, 0.3) is 5.91 Å². The molecule has 6 heteroatoms. The lowest BCUT2D eigenvalue weighted by Crippen LogP contribution is -2.47. The van der Waals surface area contributed by atoms with Crippen LogP contribution >= 0.6 is 0 Å². The van der Waals surface area contributed by atoms with Gasteiger partial charge >= 0.3 is 0 Å². The molecular weight excluding hydrogens is 328 g/mol. The van der Waals surface area contributed by atoms with E-state index < -0.39 is 0 Å². The molecule has 138 valence electrons. The van der Waals surface area contributed by atoms with Crippen molar-refractivity contribution in [1.82, 2.24) is 19.8 Å². The minimum Gasteiger partial charge on any atom is -0.497 e. The number of rotatable bonds is 4. The second kappa shape index (κ2) is 7.11. The fourth-order valence-electron chi connectivity index (χ4n) is 4.20. The third kappa shape index (κ3) is 3.46. The molecule has 1 amide bonds. The monoisotopic (exact) mass is 354 g/mol. The number of imidazole rings is 1. The van der Waals surface area contributed by atoms with Gasteiger partial charge in [-0.25, -0.2) is 4.98 Å². The Labute approximate surface area is 154 Å². The van der Waals surface area contributed by atoms with Gasteiger partial charge in [-0.15, -0.1) is 0 Å². The number of fused-ring (bicyclic) bond motifs is 4. The number of piperidine rings is 1. The van der Waals surface area contributed by atoms with Crippen molar-refractivity contribution in [3.8, 4) is 5.75 Å². The zero-order valence-electron chi connectivity index (χ0n) is 15.4. The smallest absolute Gasteiger partial charge is 0.289 e. The number of ether oxygens (including phenoxy) is 1. The van der Waals surface area contributed by atoms with E-state index in [1.165, 1.54) is 12.0 Å². The van der Waals surface area contributed by atoms with E-state index in [1.54, 1.807) is 13.3 Å². The van der Waals surface area contributed by atoms with Crippen LogP contribution in [0.5, 0.6) is 5.75 Å². The molecule has 0 saturated carbocycles. The number of aromatic nitrogens is 2. The van der Waals surface area contributed by atoms with Gasteiger partial charge in [0, 0.05) is 44.1 Å². The normalized spacial score (nSPS) is 23.1. The third-order valence-corrected chi connectivity index (χ3v) is 5.52. The summed E-state index contributed by atoms with van der Waals surface area (Å²) in [5.41, 5.74) is 2.21. The molecule has 5 rings (SSSR count). The van der Waals surface area contributed by atoms with E-state index in [-0.39, 0.29) is 11.9 Å². The first-order chi connectivity index (χ1) is 12.6. The van der Waals surface area contributed by atoms with Crippen molar-refractivity contribution in [3.05, 3.63) is 47.5 Å². The predicted octanol–water partition coefficient (Wildman–Crippen LogP) is 2.46. The average Bonchev–Trinajstić information content (AvgIpc) is 2.90. The Hall–Kier alpha value is -2.34. The molecule has 0 radical (unpaired) electrons. The first kappa shape index (κ1) is 17.1. The lowest BCUT2D eigenvalue weighted by molar-refractivity contribution is 0.0573. The highest BCUT2D eigenvalue weighted by atomic mass is 16.5. The van der Waals surface area contributed by atoms with Crippen LogP contribution in [0.1, 0.15) is 34.7 Å². The first-order valence-electron chi connectivity index (χ1n) is 9.30. The van der Waals surface area contributed by atoms with Crippen LogP contribution in [0, 0.1) is 12.8 Å². The number of aryl methyl sites for hydroxylation is 1. The van der Waals surface area contributed by atoms with Crippen LogP contribution in [-0.4, -0.2) is 58.5 Å². The first-order valence-corrected chi connectivity index (χ1v) is 9.30. The van der Waals surface area contributed by atoms with Gasteiger partial charge in [-0.2, -0.15) is 0 Å². The van der Waals surface area contributed by atoms with E-state index in [2.05, 4.69) is 27.0 Å². The lowest BCUT2D eigenvalue weighted by atomic mass is 9.95. The van der Waals surface area contributed by atoms with Gasteiger partial charge in [-0.05, 0) is 43.4 Å². The molecule has 2 aromatic rings. The van der Waals surface area contributed by atoms with Crippen molar-refractivity contribution in [1.29, 1.82) is 0 Å². The molecule has 2 bridgehead atoms. The minimum absolute atomic E-state index is 0.0408. The summed E-state index contributed by atoms with van der Waals surface area (Å²) in [6.45, 7) is 5.65. The number of benzene rings is 1. The molecule has 1 N–H and O–H groups in total. The van der Waals surface area contributed by atoms with Gasteiger partial charge in [-0.1, -0.05) is 12.1 Å². The largest absolute Gasteiger partial charge is 0.497 e. The van der Waals surface area contributed by atoms with Crippen LogP contribution < -0.4 is 4.74 Å². The Bertz CT molecular complexity index is 770. The number of carbonyl (C=O) groups excluding carboxylic acids is 1. The number of hydrogen-bond donors (Lipinski definition) is 1. The molecule has 3 saturated heterocycles. The van der Waals surface area contributed by atoms with Crippen molar-refractivity contribution in [2.24, 2.45) is 5.92 Å². The highest BCUT2D eigenvalue weighted by molar-refractivity contribution is 5.91. The van der Waals surface area contributed by atoms with Gasteiger partial charge in [0.2, 0.25) is 0 Å². The predicted molar refractivity (Wildman–Crippen MR) is 99.1 cm³/mol. The van der Waals surface area contributed by atoms with Crippen molar-refractivity contribution in [2.75, 3.05) is 26.7 Å². The van der Waals surface area contributed by atoms with Crippen LogP contribution in [0.4, 0.5) is 0 Å². The highest BCUT2D eigenvalue weighted by Crippen LogP contribution is 2.29. The molecule has 3 aliphatic heterocycles. The number of H-pyrrole nitrogens is 1. The Balaban J connectivity index is 1.46. The Morgan fingerprint density at radius 1 is 1.23 bits per heavy atom. The fraction of sp³-hybridized carbons (Fsp3) is 0.500. The van der Waals surface area contributed by atoms with E-state index in [1.807, 2.05) is 24.0 Å². The summed E-state index contributed by atoms with van der Waals surface area (Å²) in [4.78, 5) is 24.7. The molecule has 4 heterocycles. The second-order valence-corrected chi connectivity index (χ2v) is 7.51. The average molecular weight is 354 g/mol. The molecule has 0 spiro atoms. The minimum atomic E-state index is 0.0408. The molecule has 26 heavy (non-hydrogen) atoms. The van der Waals surface area contributed by atoms with E-state index in [4.69, 9.17) is 4.74 Å². The van der Waals surface area contributed by atoms with Crippen LogP contribution in [0.15, 0.2) is 30.5 Å². The molecule has 3 aliphatic rings. The number of methoxy groups -OCH3 is 1. The number of nitrogens with one attached hydrogen (secondary N) is 1. The Morgan fingerprint density at radius 2 is 2.04 bits per heavy atom. The molecule has 2 atom stereocenters. The molecule has 6 nitrogen and oxygen atoms in total. The standard InChI is InChI=1S/C20H26N4O2/c1-14-9-21-19(22-14)20(25)24-12-16-3-6-17(24)13-23(11-16)10-15-4-7-18(26-2)8-5-15/h4-5,7-9,16-17H,3,6,10-13H2,1-2H3,(H,21,22)/t16-,17+/m0/s1. The van der Waals surface area contributed by atoms with Gasteiger partial charge < -0.3 is 14.6 Å². The number of carbonyl (C=O) groups is 1. The number of nitrogens with zero attached hydrogens (tertiary/aromatic N) is 3. The van der Waals surface area contributed by atoms with Crippen LogP contribution in [0.2, 0.25) is 0 Å². The molecular formula is C20H26N4O2. The summed E-state index contributed by atoms with van der Waals surface area (Å²) < 4.78 is 5.24. The molecule has 3 fully saturated rings. The number of amides is 1. The number of hydrogen-bond acceptors (Lipinski definition) is 4. The van der Waals surface area contributed by atoms with Crippen molar-refractivity contribution in [2.45, 2.75) is 32.4 Å². The Kier molecular flexibility index (Phi) is 4.68. The van der Waals surface area contributed by atoms with E-state index in [9.17, 15) is 4.79 Å². The fourth-order valence-corrected chi connectivity index (χ4v) is 4.20. The maximum Gasteiger partial charge on any atom is 0.289 e. The van der Waals surface area contributed by atoms with Crippen molar-refractivity contribution in [3.63, 3.8) is 0 Å². The quantitative estimate of drug-likeness (QED) is 0.916. The van der Waals surface area contributed by atoms with Gasteiger partial charge in [0.1, 0.15) is 5.75 Å². The Morgan fingerprint density at radius 3 is 2.73 bits per heavy atom. The number of aromatic amines is 1. The van der Waals surface area contributed by atoms with Gasteiger partial charge in [-0.3, -0.25) is 9.69 Å².